The number of nitrogens with zero attached hydrogens (tertiary/aromatic N) is 2. The average molecular weight is 300 g/mol. The minimum absolute atomic E-state index is 0. The van der Waals surface area contributed by atoms with Gasteiger partial charge in [0.1, 0.15) is 0 Å². The van der Waals surface area contributed by atoms with Crippen molar-refractivity contribution in [3.63, 3.8) is 0 Å². The summed E-state index contributed by atoms with van der Waals surface area (Å²) >= 11 is 0. The number of likely N-dealkylation sites (tertiary alicyclic amines) is 1. The average Bonchev–Trinajstić information content (AvgIpc) is 2.85. The molecule has 0 radical (unpaired) electrons. The van der Waals surface area contributed by atoms with E-state index in [-0.39, 0.29) is 30.0 Å². The number of hydrogen-bond acceptors (Lipinski definition) is 4. The van der Waals surface area contributed by atoms with E-state index in [0.717, 1.165) is 12.8 Å². The van der Waals surface area contributed by atoms with Gasteiger partial charge in [-0.3, -0.25) is 14.9 Å². The zero-order valence-electron chi connectivity index (χ0n) is 11.2. The molecule has 6 nitrogen and oxygen atoms in total. The number of rotatable bonds is 3. The Morgan fingerprint density at radius 2 is 2.25 bits per heavy atom. The summed E-state index contributed by atoms with van der Waals surface area (Å²) in [5.74, 6) is -0.0917. The van der Waals surface area contributed by atoms with Crippen LogP contribution in [0.1, 0.15) is 28.8 Å². The molecule has 20 heavy (non-hydrogen) atoms. The summed E-state index contributed by atoms with van der Waals surface area (Å²) in [7, 11) is 0. The Morgan fingerprint density at radius 3 is 2.80 bits per heavy atom. The van der Waals surface area contributed by atoms with Crippen LogP contribution in [-0.4, -0.2) is 34.9 Å². The summed E-state index contributed by atoms with van der Waals surface area (Å²) < 4.78 is 0. The highest BCUT2D eigenvalue weighted by molar-refractivity contribution is 5.95. The van der Waals surface area contributed by atoms with Crippen LogP contribution in [0.5, 0.6) is 0 Å². The minimum atomic E-state index is -0.442. The monoisotopic (exact) mass is 299 g/mol. The maximum atomic E-state index is 12.4. The van der Waals surface area contributed by atoms with Crippen molar-refractivity contribution in [1.82, 2.24) is 4.90 Å². The van der Waals surface area contributed by atoms with Gasteiger partial charge in [-0.2, -0.15) is 0 Å². The Morgan fingerprint density at radius 1 is 1.55 bits per heavy atom. The highest BCUT2D eigenvalue weighted by atomic mass is 35.5. The van der Waals surface area contributed by atoms with E-state index in [1.165, 1.54) is 12.1 Å². The van der Waals surface area contributed by atoms with Crippen molar-refractivity contribution in [1.29, 1.82) is 0 Å². The van der Waals surface area contributed by atoms with E-state index in [0.29, 0.717) is 24.2 Å². The molecule has 0 saturated carbocycles. The Labute approximate surface area is 123 Å². The van der Waals surface area contributed by atoms with Crippen LogP contribution in [-0.2, 0) is 0 Å². The molecular weight excluding hydrogens is 282 g/mol. The van der Waals surface area contributed by atoms with Gasteiger partial charge in [-0.1, -0.05) is 0 Å². The molecular formula is C13H18ClN3O3. The number of nitro benzene ring substituents is 1. The largest absolute Gasteiger partial charge is 0.334 e. The maximum Gasteiger partial charge on any atom is 0.272 e. The molecule has 0 aromatic heterocycles. The van der Waals surface area contributed by atoms with E-state index in [9.17, 15) is 14.9 Å². The number of aryl methyl sites for hydroxylation is 1. The number of nitro groups is 1. The molecule has 1 unspecified atom stereocenters. The van der Waals surface area contributed by atoms with Crippen LogP contribution in [0.3, 0.4) is 0 Å². The molecule has 1 fully saturated rings. The summed E-state index contributed by atoms with van der Waals surface area (Å²) in [4.78, 5) is 24.4. The lowest BCUT2D eigenvalue weighted by Crippen LogP contribution is -2.39. The van der Waals surface area contributed by atoms with Gasteiger partial charge in [-0.05, 0) is 31.9 Å². The van der Waals surface area contributed by atoms with Crippen LogP contribution in [0.4, 0.5) is 5.69 Å². The van der Waals surface area contributed by atoms with Gasteiger partial charge >= 0.3 is 0 Å². The molecule has 7 heteroatoms. The van der Waals surface area contributed by atoms with Gasteiger partial charge in [0.25, 0.3) is 11.6 Å². The number of benzene rings is 1. The smallest absolute Gasteiger partial charge is 0.272 e. The fourth-order valence-corrected chi connectivity index (χ4v) is 2.51. The fraction of sp³-hybridized carbons (Fsp3) is 0.462. The molecule has 1 amide bonds. The number of carbonyl (C=O) groups is 1. The van der Waals surface area contributed by atoms with Crippen LogP contribution in [0, 0.1) is 17.0 Å². The lowest BCUT2D eigenvalue weighted by molar-refractivity contribution is -0.385. The number of halogens is 1. The predicted octanol–water partition coefficient (Wildman–Crippen LogP) is 1.89. The molecule has 1 aromatic rings. The minimum Gasteiger partial charge on any atom is -0.334 e. The van der Waals surface area contributed by atoms with E-state index in [2.05, 4.69) is 0 Å². The van der Waals surface area contributed by atoms with Gasteiger partial charge < -0.3 is 10.6 Å². The molecule has 1 aliphatic rings. The van der Waals surface area contributed by atoms with Crippen molar-refractivity contribution in [2.75, 3.05) is 13.1 Å². The summed E-state index contributed by atoms with van der Waals surface area (Å²) in [5.41, 5.74) is 6.67. The molecule has 2 rings (SSSR count). The number of amides is 1. The highest BCUT2D eigenvalue weighted by Crippen LogP contribution is 2.23. The van der Waals surface area contributed by atoms with Crippen molar-refractivity contribution in [2.45, 2.75) is 25.8 Å². The Hall–Kier alpha value is -1.66. The van der Waals surface area contributed by atoms with Gasteiger partial charge in [0.05, 0.1) is 4.92 Å². The normalized spacial score (nSPS) is 17.7. The van der Waals surface area contributed by atoms with Gasteiger partial charge in [-0.15, -0.1) is 12.4 Å². The lowest BCUT2D eigenvalue weighted by atomic mass is 10.1. The van der Waals surface area contributed by atoms with Crippen molar-refractivity contribution >= 4 is 24.0 Å². The molecule has 1 aliphatic heterocycles. The summed E-state index contributed by atoms with van der Waals surface area (Å²) in [6.45, 7) is 2.80. The maximum absolute atomic E-state index is 12.4. The van der Waals surface area contributed by atoms with Crippen molar-refractivity contribution in [2.24, 2.45) is 5.73 Å². The van der Waals surface area contributed by atoms with Gasteiger partial charge in [0.15, 0.2) is 0 Å². The second-order valence-electron chi connectivity index (χ2n) is 4.79. The molecule has 0 spiro atoms. The topological polar surface area (TPSA) is 89.5 Å². The van der Waals surface area contributed by atoms with E-state index in [1.54, 1.807) is 17.9 Å². The second-order valence-corrected chi connectivity index (χ2v) is 4.79. The molecule has 0 aliphatic carbocycles. The van der Waals surface area contributed by atoms with Gasteiger partial charge in [0, 0.05) is 36.3 Å². The molecule has 1 saturated heterocycles. The quantitative estimate of drug-likeness (QED) is 0.681. The zero-order valence-corrected chi connectivity index (χ0v) is 12.1. The van der Waals surface area contributed by atoms with Crippen LogP contribution in [0.2, 0.25) is 0 Å². The van der Waals surface area contributed by atoms with Crippen molar-refractivity contribution in [3.05, 3.63) is 39.4 Å². The van der Waals surface area contributed by atoms with Gasteiger partial charge in [0.2, 0.25) is 0 Å². The SMILES string of the molecule is Cc1cc(C(=O)N2CCCC2CN)ccc1[N+](=O)[O-].Cl. The standard InChI is InChI=1S/C13H17N3O3.ClH/c1-9-7-10(4-5-12(9)16(18)19)13(17)15-6-2-3-11(15)8-14;/h4-5,7,11H,2-3,6,8,14H2,1H3;1H. The van der Waals surface area contributed by atoms with Gasteiger partial charge in [-0.25, -0.2) is 0 Å². The van der Waals surface area contributed by atoms with Crippen LogP contribution in [0.15, 0.2) is 18.2 Å². The van der Waals surface area contributed by atoms with E-state index >= 15 is 0 Å². The van der Waals surface area contributed by atoms with Crippen LogP contribution >= 0.6 is 12.4 Å². The first kappa shape index (κ1) is 16.4. The van der Waals surface area contributed by atoms with E-state index in [4.69, 9.17) is 5.73 Å². The first-order valence-corrected chi connectivity index (χ1v) is 6.30. The zero-order chi connectivity index (χ0) is 14.0. The van der Waals surface area contributed by atoms with Crippen LogP contribution < -0.4 is 5.73 Å². The Bertz CT molecular complexity index is 522. The molecule has 1 atom stereocenters. The summed E-state index contributed by atoms with van der Waals surface area (Å²) in [6, 6.07) is 4.56. The molecule has 1 aromatic carbocycles. The summed E-state index contributed by atoms with van der Waals surface area (Å²) in [5, 5.41) is 10.8. The third-order valence-corrected chi connectivity index (χ3v) is 3.55. The Kier molecular flexibility index (Phi) is 5.47. The van der Waals surface area contributed by atoms with Crippen molar-refractivity contribution < 1.29 is 9.72 Å². The summed E-state index contributed by atoms with van der Waals surface area (Å²) in [6.07, 6.45) is 1.88. The van der Waals surface area contributed by atoms with Crippen molar-refractivity contribution in [3.8, 4) is 0 Å². The predicted molar refractivity (Wildman–Crippen MR) is 78.2 cm³/mol. The van der Waals surface area contributed by atoms with Crippen LogP contribution in [0.25, 0.3) is 0 Å². The molecule has 0 bridgehead atoms. The number of carbonyl (C=O) groups excluding carboxylic acids is 1. The first-order valence-electron chi connectivity index (χ1n) is 6.30. The third kappa shape index (κ3) is 3.08. The van der Waals surface area contributed by atoms with E-state index < -0.39 is 4.92 Å². The second kappa shape index (κ2) is 6.67. The fourth-order valence-electron chi connectivity index (χ4n) is 2.51. The lowest BCUT2D eigenvalue weighted by Gasteiger charge is -2.23. The first-order chi connectivity index (χ1) is 9.04. The molecule has 2 N–H and O–H groups in total. The van der Waals surface area contributed by atoms with E-state index in [1.807, 2.05) is 0 Å². The molecule has 1 heterocycles. The third-order valence-electron chi connectivity index (χ3n) is 3.55. The number of nitrogens with two attached hydrogens (primary N) is 1. The Balaban J connectivity index is 0.00000200. The number of hydrogen-bond donors (Lipinski definition) is 1. The molecule has 110 valence electrons. The highest BCUT2D eigenvalue weighted by Gasteiger charge is 2.28.